The van der Waals surface area contributed by atoms with E-state index in [1.165, 1.54) is 17.8 Å². The number of carbonyl (C=O) groups is 1. The highest BCUT2D eigenvalue weighted by Gasteiger charge is 2.34. The molecular formula is C27H28F3N7O3. The number of halogens is 3. The molecular weight excluding hydrogens is 527 g/mol. The van der Waals surface area contributed by atoms with Gasteiger partial charge in [0.15, 0.2) is 5.65 Å². The molecule has 1 aromatic carbocycles. The first-order valence-corrected chi connectivity index (χ1v) is 12.7. The number of aromatic nitrogens is 4. The summed E-state index contributed by atoms with van der Waals surface area (Å²) >= 11 is 0. The van der Waals surface area contributed by atoms with Gasteiger partial charge in [0, 0.05) is 37.0 Å². The van der Waals surface area contributed by atoms with E-state index in [4.69, 9.17) is 15.2 Å². The molecule has 1 amide bonds. The second-order valence-corrected chi connectivity index (χ2v) is 9.27. The number of fused-ring (bicyclic) bond motifs is 1. The van der Waals surface area contributed by atoms with E-state index in [2.05, 4.69) is 25.3 Å². The maximum absolute atomic E-state index is 13.4. The van der Waals surface area contributed by atoms with Crippen molar-refractivity contribution in [3.05, 3.63) is 59.9 Å². The number of nitrogens with zero attached hydrogens (tertiary/aromatic N) is 5. The number of hydrogen-bond donors (Lipinski definition) is 2. The van der Waals surface area contributed by atoms with Crippen LogP contribution in [0.3, 0.4) is 0 Å². The summed E-state index contributed by atoms with van der Waals surface area (Å²) in [7, 11) is 1.48. The fourth-order valence-electron chi connectivity index (χ4n) is 4.53. The molecule has 0 radical (unpaired) electrons. The molecule has 1 fully saturated rings. The number of amides is 1. The average molecular weight is 556 g/mol. The second-order valence-electron chi connectivity index (χ2n) is 9.27. The van der Waals surface area contributed by atoms with E-state index in [0.29, 0.717) is 34.8 Å². The Morgan fingerprint density at radius 1 is 1.10 bits per heavy atom. The van der Waals surface area contributed by atoms with Crippen molar-refractivity contribution in [3.8, 4) is 28.3 Å². The first kappa shape index (κ1) is 27.3. The normalized spacial score (nSPS) is 14.4. The molecule has 0 aliphatic carbocycles. The molecule has 4 aromatic rings. The number of rotatable bonds is 8. The molecule has 40 heavy (non-hydrogen) atoms. The molecule has 0 bridgehead atoms. The molecule has 3 aromatic heterocycles. The van der Waals surface area contributed by atoms with Crippen molar-refractivity contribution >= 4 is 17.4 Å². The van der Waals surface area contributed by atoms with Crippen LogP contribution in [0.4, 0.5) is 19.0 Å². The third kappa shape index (κ3) is 5.84. The van der Waals surface area contributed by atoms with E-state index in [9.17, 15) is 18.0 Å². The molecule has 10 nitrogen and oxygen atoms in total. The number of hydrogen-bond acceptors (Lipinski definition) is 8. The van der Waals surface area contributed by atoms with Crippen molar-refractivity contribution in [2.24, 2.45) is 0 Å². The lowest BCUT2D eigenvalue weighted by Crippen LogP contribution is -2.38. The quantitative estimate of drug-likeness (QED) is 0.317. The zero-order valence-corrected chi connectivity index (χ0v) is 21.7. The summed E-state index contributed by atoms with van der Waals surface area (Å²) in [5, 5.41) is 7.45. The molecule has 5 rings (SSSR count). The highest BCUT2D eigenvalue weighted by molar-refractivity contribution is 5.97. The Morgan fingerprint density at radius 2 is 1.90 bits per heavy atom. The number of nitrogen functional groups attached to an aromatic ring is 1. The first-order chi connectivity index (χ1) is 19.2. The number of anilines is 1. The van der Waals surface area contributed by atoms with Crippen molar-refractivity contribution in [1.29, 1.82) is 0 Å². The lowest BCUT2D eigenvalue weighted by Gasteiger charge is -2.26. The highest BCUT2D eigenvalue weighted by atomic mass is 19.4. The maximum atomic E-state index is 13.4. The number of imidazole rings is 1. The summed E-state index contributed by atoms with van der Waals surface area (Å²) in [6.07, 6.45) is -0.998. The molecule has 3 N–H and O–H groups in total. The maximum Gasteiger partial charge on any atom is 0.419 e. The molecule has 1 aliphatic rings. The number of ether oxygens (including phenoxy) is 2. The van der Waals surface area contributed by atoms with Gasteiger partial charge in [-0.1, -0.05) is 6.07 Å². The summed E-state index contributed by atoms with van der Waals surface area (Å²) in [6, 6.07) is 9.24. The van der Waals surface area contributed by atoms with Gasteiger partial charge in [-0.3, -0.25) is 9.69 Å². The minimum atomic E-state index is -4.65. The Hall–Kier alpha value is -4.23. The summed E-state index contributed by atoms with van der Waals surface area (Å²) in [4.78, 5) is 23.2. The van der Waals surface area contributed by atoms with Gasteiger partial charge in [0.1, 0.15) is 11.6 Å². The third-order valence-electron chi connectivity index (χ3n) is 6.66. The van der Waals surface area contributed by atoms with Gasteiger partial charge in [-0.2, -0.15) is 18.3 Å². The van der Waals surface area contributed by atoms with Crippen molar-refractivity contribution in [1.82, 2.24) is 29.8 Å². The molecule has 0 saturated carbocycles. The average Bonchev–Trinajstić information content (AvgIpc) is 3.38. The molecule has 1 aliphatic heterocycles. The monoisotopic (exact) mass is 555 g/mol. The minimum Gasteiger partial charge on any atom is -0.496 e. The number of alkyl halides is 3. The van der Waals surface area contributed by atoms with Crippen molar-refractivity contribution in [3.63, 3.8) is 0 Å². The van der Waals surface area contributed by atoms with Crippen LogP contribution in [0.15, 0.2) is 48.8 Å². The molecule has 0 atom stereocenters. The topological polar surface area (TPSA) is 120 Å². The molecule has 13 heteroatoms. The van der Waals surface area contributed by atoms with Crippen LogP contribution in [0, 0.1) is 0 Å². The molecule has 4 heterocycles. The molecule has 0 spiro atoms. The Bertz CT molecular complexity index is 1520. The van der Waals surface area contributed by atoms with E-state index in [-0.39, 0.29) is 17.2 Å². The molecule has 1 saturated heterocycles. The number of methoxy groups -OCH3 is 1. The summed E-state index contributed by atoms with van der Waals surface area (Å²) in [6.45, 7) is 4.67. The van der Waals surface area contributed by atoms with Crippen LogP contribution in [0.2, 0.25) is 0 Å². The Kier molecular flexibility index (Phi) is 7.85. The minimum absolute atomic E-state index is 0.154. The third-order valence-corrected chi connectivity index (χ3v) is 6.66. The summed E-state index contributed by atoms with van der Waals surface area (Å²) in [5.41, 5.74) is 6.90. The van der Waals surface area contributed by atoms with Crippen LogP contribution in [0.5, 0.6) is 5.75 Å². The predicted molar refractivity (Wildman–Crippen MR) is 142 cm³/mol. The van der Waals surface area contributed by atoms with Crippen LogP contribution in [-0.2, 0) is 10.9 Å². The zero-order valence-electron chi connectivity index (χ0n) is 21.7. The number of nitrogens with two attached hydrogens (primary N) is 1. The number of nitrogens with one attached hydrogen (secondary N) is 1. The van der Waals surface area contributed by atoms with Crippen molar-refractivity contribution in [2.75, 3.05) is 52.2 Å². The lowest BCUT2D eigenvalue weighted by molar-refractivity contribution is -0.137. The Balaban J connectivity index is 1.36. The van der Waals surface area contributed by atoms with E-state index in [1.54, 1.807) is 36.5 Å². The van der Waals surface area contributed by atoms with Crippen LogP contribution in [0.25, 0.3) is 28.2 Å². The van der Waals surface area contributed by atoms with Crippen LogP contribution in [-0.4, -0.2) is 76.9 Å². The SMILES string of the molecule is COc1cc(-c2cnc3ccc(-c4cnc(N)c(C(F)(F)F)c4)nn23)ccc1C(=O)NCCCN1CCOCC1. The van der Waals surface area contributed by atoms with Gasteiger partial charge < -0.3 is 20.5 Å². The fourth-order valence-corrected chi connectivity index (χ4v) is 4.53. The summed E-state index contributed by atoms with van der Waals surface area (Å²) < 4.78 is 52.4. The van der Waals surface area contributed by atoms with Crippen molar-refractivity contribution in [2.45, 2.75) is 12.6 Å². The fraction of sp³-hybridized carbons (Fsp3) is 0.333. The second kappa shape index (κ2) is 11.5. The van der Waals surface area contributed by atoms with Gasteiger partial charge in [-0.15, -0.1) is 0 Å². The Morgan fingerprint density at radius 3 is 2.65 bits per heavy atom. The lowest BCUT2D eigenvalue weighted by atomic mass is 10.1. The van der Waals surface area contributed by atoms with Gasteiger partial charge in [-0.05, 0) is 43.3 Å². The van der Waals surface area contributed by atoms with E-state index in [1.807, 2.05) is 0 Å². The standard InChI is InChI=1S/C27H28F3N7O3/c1-39-23-14-17(3-4-19(23)26(38)32-7-2-8-36-9-11-40-12-10-36)22-16-33-24-6-5-21(35-37(22)24)18-13-20(27(28,29)30)25(31)34-15-18/h3-6,13-16H,2,7-12H2,1H3,(H2,31,34)(H,32,38). The zero-order chi connectivity index (χ0) is 28.3. The van der Waals surface area contributed by atoms with Gasteiger partial charge in [0.2, 0.25) is 0 Å². The van der Waals surface area contributed by atoms with E-state index >= 15 is 0 Å². The van der Waals surface area contributed by atoms with Gasteiger partial charge in [-0.25, -0.2) is 14.5 Å². The van der Waals surface area contributed by atoms with Crippen LogP contribution in [0.1, 0.15) is 22.3 Å². The number of benzene rings is 1. The molecule has 0 unspecified atom stereocenters. The first-order valence-electron chi connectivity index (χ1n) is 12.7. The van der Waals surface area contributed by atoms with Crippen LogP contribution >= 0.6 is 0 Å². The number of morpholine rings is 1. The highest BCUT2D eigenvalue weighted by Crippen LogP contribution is 2.35. The Labute approximate surface area is 227 Å². The number of carbonyl (C=O) groups excluding carboxylic acids is 1. The predicted octanol–water partition coefficient (Wildman–Crippen LogP) is 3.52. The largest absolute Gasteiger partial charge is 0.496 e. The smallest absolute Gasteiger partial charge is 0.419 e. The number of pyridine rings is 1. The van der Waals surface area contributed by atoms with Gasteiger partial charge >= 0.3 is 6.18 Å². The van der Waals surface area contributed by atoms with Crippen LogP contribution < -0.4 is 15.8 Å². The van der Waals surface area contributed by atoms with E-state index < -0.39 is 17.6 Å². The summed E-state index contributed by atoms with van der Waals surface area (Å²) in [5.74, 6) is -0.485. The van der Waals surface area contributed by atoms with Gasteiger partial charge in [0.25, 0.3) is 5.91 Å². The van der Waals surface area contributed by atoms with E-state index in [0.717, 1.165) is 45.3 Å². The van der Waals surface area contributed by atoms with Gasteiger partial charge in [0.05, 0.1) is 49.0 Å². The molecule has 210 valence electrons. The van der Waals surface area contributed by atoms with Crippen molar-refractivity contribution < 1.29 is 27.4 Å².